The molecule has 106 valence electrons. The molecule has 20 heavy (non-hydrogen) atoms. The van der Waals surface area contributed by atoms with Crippen molar-refractivity contribution in [1.29, 1.82) is 0 Å². The lowest BCUT2D eigenvalue weighted by atomic mass is 10.2. The summed E-state index contributed by atoms with van der Waals surface area (Å²) in [6, 6.07) is 4.77. The first-order valence-electron chi connectivity index (χ1n) is 6.04. The molecule has 1 aromatic carbocycles. The monoisotopic (exact) mass is 340 g/mol. The van der Waals surface area contributed by atoms with Crippen molar-refractivity contribution >= 4 is 39.4 Å². The quantitative estimate of drug-likeness (QED) is 0.662. The van der Waals surface area contributed by atoms with Crippen molar-refractivity contribution in [3.8, 4) is 0 Å². The van der Waals surface area contributed by atoms with Gasteiger partial charge in [-0.2, -0.15) is 0 Å². The van der Waals surface area contributed by atoms with Crippen LogP contribution in [0.1, 0.15) is 23.2 Å². The van der Waals surface area contributed by atoms with Crippen LogP contribution < -0.4 is 5.73 Å². The molecule has 0 aliphatic carbocycles. The molecule has 2 N–H and O–H groups in total. The second kappa shape index (κ2) is 6.04. The lowest BCUT2D eigenvalue weighted by molar-refractivity contribution is -0.143. The fraction of sp³-hybridized carbons (Fsp3) is 0.308. The highest BCUT2D eigenvalue weighted by molar-refractivity contribution is 9.10. The van der Waals surface area contributed by atoms with Crippen molar-refractivity contribution in [2.24, 2.45) is 0 Å². The SMILES string of the molecule is Nc1ccc(Br)cc1C(=O)OCC(=O)N1CCCC1=O. The molecule has 2 amide bonds. The smallest absolute Gasteiger partial charge is 0.340 e. The molecule has 1 aromatic rings. The zero-order valence-electron chi connectivity index (χ0n) is 10.6. The summed E-state index contributed by atoms with van der Waals surface area (Å²) < 4.78 is 5.58. The third-order valence-corrected chi connectivity index (χ3v) is 3.43. The van der Waals surface area contributed by atoms with Gasteiger partial charge >= 0.3 is 5.97 Å². The van der Waals surface area contributed by atoms with Crippen LogP contribution in [0.25, 0.3) is 0 Å². The fourth-order valence-electron chi connectivity index (χ4n) is 1.90. The Kier molecular flexibility index (Phi) is 4.39. The topological polar surface area (TPSA) is 89.7 Å². The van der Waals surface area contributed by atoms with E-state index in [2.05, 4.69) is 15.9 Å². The number of hydrogen-bond donors (Lipinski definition) is 1. The van der Waals surface area contributed by atoms with Crippen molar-refractivity contribution in [2.75, 3.05) is 18.9 Å². The minimum Gasteiger partial charge on any atom is -0.452 e. The van der Waals surface area contributed by atoms with Crippen LogP contribution in [0.3, 0.4) is 0 Å². The third-order valence-electron chi connectivity index (χ3n) is 2.94. The normalized spacial score (nSPS) is 14.4. The van der Waals surface area contributed by atoms with Gasteiger partial charge in [-0.05, 0) is 24.6 Å². The Morgan fingerprint density at radius 1 is 1.40 bits per heavy atom. The zero-order valence-corrected chi connectivity index (χ0v) is 12.2. The number of nitrogen functional groups attached to an aromatic ring is 1. The van der Waals surface area contributed by atoms with Gasteiger partial charge in [0, 0.05) is 23.1 Å². The number of imide groups is 1. The fourth-order valence-corrected chi connectivity index (χ4v) is 2.26. The van der Waals surface area contributed by atoms with Crippen molar-refractivity contribution < 1.29 is 19.1 Å². The van der Waals surface area contributed by atoms with Crippen molar-refractivity contribution in [2.45, 2.75) is 12.8 Å². The van der Waals surface area contributed by atoms with E-state index in [1.54, 1.807) is 12.1 Å². The first kappa shape index (κ1) is 14.5. The van der Waals surface area contributed by atoms with Crippen LogP contribution in [0.15, 0.2) is 22.7 Å². The van der Waals surface area contributed by atoms with Crippen molar-refractivity contribution in [3.05, 3.63) is 28.2 Å². The van der Waals surface area contributed by atoms with Crippen LogP contribution in [0.4, 0.5) is 5.69 Å². The first-order valence-corrected chi connectivity index (χ1v) is 6.83. The molecule has 0 unspecified atom stereocenters. The molecule has 0 spiro atoms. The van der Waals surface area contributed by atoms with E-state index in [0.29, 0.717) is 23.9 Å². The molecule has 0 saturated carbocycles. The van der Waals surface area contributed by atoms with E-state index < -0.39 is 18.5 Å². The number of likely N-dealkylation sites (tertiary alicyclic amines) is 1. The van der Waals surface area contributed by atoms with Crippen LogP contribution in [0, 0.1) is 0 Å². The van der Waals surface area contributed by atoms with Gasteiger partial charge in [0.05, 0.1) is 5.56 Å². The number of esters is 1. The average molecular weight is 341 g/mol. The van der Waals surface area contributed by atoms with Gasteiger partial charge in [0.25, 0.3) is 5.91 Å². The Bertz CT molecular complexity index is 573. The molecule has 1 fully saturated rings. The van der Waals surface area contributed by atoms with E-state index in [1.165, 1.54) is 6.07 Å². The number of halogens is 1. The van der Waals surface area contributed by atoms with E-state index in [0.717, 1.165) is 4.90 Å². The number of benzene rings is 1. The summed E-state index contributed by atoms with van der Waals surface area (Å²) in [7, 11) is 0. The molecule has 0 bridgehead atoms. The van der Waals surface area contributed by atoms with Gasteiger partial charge in [0.15, 0.2) is 6.61 Å². The number of amides is 2. The molecule has 0 atom stereocenters. The molecule has 6 nitrogen and oxygen atoms in total. The van der Waals surface area contributed by atoms with Gasteiger partial charge < -0.3 is 10.5 Å². The summed E-state index contributed by atoms with van der Waals surface area (Å²) in [5.41, 5.74) is 6.12. The predicted octanol–water partition coefficient (Wildman–Crippen LogP) is 1.34. The predicted molar refractivity (Wildman–Crippen MR) is 74.8 cm³/mol. The molecule has 1 heterocycles. The molecular weight excluding hydrogens is 328 g/mol. The van der Waals surface area contributed by atoms with Crippen LogP contribution >= 0.6 is 15.9 Å². The molecule has 1 saturated heterocycles. The molecule has 1 aliphatic rings. The lowest BCUT2D eigenvalue weighted by Crippen LogP contribution is -2.35. The van der Waals surface area contributed by atoms with E-state index in [1.807, 2.05) is 0 Å². The number of nitrogens with zero attached hydrogens (tertiary/aromatic N) is 1. The standard InChI is InChI=1S/C13H13BrN2O4/c14-8-3-4-10(15)9(6-8)13(19)20-7-12(18)16-5-1-2-11(16)17/h3-4,6H,1-2,5,7,15H2. The summed E-state index contributed by atoms with van der Waals surface area (Å²) in [5.74, 6) is -1.42. The highest BCUT2D eigenvalue weighted by atomic mass is 79.9. The molecular formula is C13H13BrN2O4. The Morgan fingerprint density at radius 2 is 2.15 bits per heavy atom. The third kappa shape index (κ3) is 3.16. The van der Waals surface area contributed by atoms with Gasteiger partial charge in [-0.1, -0.05) is 15.9 Å². The molecule has 1 aliphatic heterocycles. The summed E-state index contributed by atoms with van der Waals surface area (Å²) >= 11 is 3.22. The van der Waals surface area contributed by atoms with Crippen LogP contribution in [-0.4, -0.2) is 35.8 Å². The number of carbonyl (C=O) groups is 3. The Balaban J connectivity index is 1.97. The van der Waals surface area contributed by atoms with Gasteiger partial charge in [-0.15, -0.1) is 0 Å². The van der Waals surface area contributed by atoms with Gasteiger partial charge in [-0.3, -0.25) is 14.5 Å². The van der Waals surface area contributed by atoms with Gasteiger partial charge in [0.2, 0.25) is 5.91 Å². The lowest BCUT2D eigenvalue weighted by Gasteiger charge is -2.13. The van der Waals surface area contributed by atoms with Gasteiger partial charge in [-0.25, -0.2) is 4.79 Å². The number of rotatable bonds is 3. The second-order valence-electron chi connectivity index (χ2n) is 4.35. The van der Waals surface area contributed by atoms with Crippen LogP contribution in [-0.2, 0) is 14.3 Å². The molecule has 2 rings (SSSR count). The number of nitrogens with two attached hydrogens (primary N) is 1. The van der Waals surface area contributed by atoms with Crippen LogP contribution in [0.5, 0.6) is 0 Å². The Morgan fingerprint density at radius 3 is 2.80 bits per heavy atom. The minimum absolute atomic E-state index is 0.180. The number of ether oxygens (including phenoxy) is 1. The highest BCUT2D eigenvalue weighted by Crippen LogP contribution is 2.19. The maximum Gasteiger partial charge on any atom is 0.340 e. The summed E-state index contributed by atoms with van der Waals surface area (Å²) in [4.78, 5) is 36.0. The summed E-state index contributed by atoms with van der Waals surface area (Å²) in [6.45, 7) is -0.0786. The zero-order chi connectivity index (χ0) is 14.7. The second-order valence-corrected chi connectivity index (χ2v) is 5.27. The Labute approximate surface area is 124 Å². The first-order chi connectivity index (χ1) is 9.49. The Hall–Kier alpha value is -1.89. The summed E-state index contributed by atoms with van der Waals surface area (Å²) in [6.07, 6.45) is 1.01. The van der Waals surface area contributed by atoms with Crippen molar-refractivity contribution in [1.82, 2.24) is 4.90 Å². The van der Waals surface area contributed by atoms with Crippen molar-refractivity contribution in [3.63, 3.8) is 0 Å². The minimum atomic E-state index is -0.691. The largest absolute Gasteiger partial charge is 0.452 e. The number of carbonyl (C=O) groups excluding carboxylic acids is 3. The summed E-state index contributed by atoms with van der Waals surface area (Å²) in [5, 5.41) is 0. The number of hydrogen-bond acceptors (Lipinski definition) is 5. The maximum atomic E-state index is 11.8. The van der Waals surface area contributed by atoms with Gasteiger partial charge in [0.1, 0.15) is 0 Å². The molecule has 0 aromatic heterocycles. The number of anilines is 1. The van der Waals surface area contributed by atoms with E-state index in [4.69, 9.17) is 10.5 Å². The maximum absolute atomic E-state index is 11.8. The van der Waals surface area contributed by atoms with E-state index in [9.17, 15) is 14.4 Å². The van der Waals surface area contributed by atoms with E-state index in [-0.39, 0.29) is 17.2 Å². The molecule has 7 heteroatoms. The molecule has 0 radical (unpaired) electrons. The van der Waals surface area contributed by atoms with Crippen LogP contribution in [0.2, 0.25) is 0 Å². The average Bonchev–Trinajstić information content (AvgIpc) is 2.84. The highest BCUT2D eigenvalue weighted by Gasteiger charge is 2.27. The van der Waals surface area contributed by atoms with E-state index >= 15 is 0 Å².